The Morgan fingerprint density at radius 3 is 2.77 bits per heavy atom. The molecule has 0 bridgehead atoms. The predicted molar refractivity (Wildman–Crippen MR) is 101 cm³/mol. The second-order valence-corrected chi connectivity index (χ2v) is 8.10. The highest BCUT2D eigenvalue weighted by atomic mass is 32.1. The van der Waals surface area contributed by atoms with E-state index in [0.29, 0.717) is 6.42 Å². The maximum absolute atomic E-state index is 12.9. The van der Waals surface area contributed by atoms with Gasteiger partial charge in [-0.3, -0.25) is 9.59 Å². The number of benzene rings is 1. The highest BCUT2D eigenvalue weighted by molar-refractivity contribution is 7.10. The lowest BCUT2D eigenvalue weighted by molar-refractivity contribution is -0.157. The smallest absolute Gasteiger partial charge is 0.245 e. The molecule has 6 heteroatoms. The summed E-state index contributed by atoms with van der Waals surface area (Å²) in [5, 5.41) is 3.20. The molecule has 0 radical (unpaired) electrons. The Kier molecular flexibility index (Phi) is 3.28. The molecule has 0 unspecified atom stereocenters. The van der Waals surface area contributed by atoms with Crippen LogP contribution in [0, 0.1) is 6.92 Å². The number of H-pyrrole nitrogens is 1. The number of aryl methyl sites for hydroxylation is 1. The third-order valence-corrected chi connectivity index (χ3v) is 6.67. The van der Waals surface area contributed by atoms with E-state index in [1.54, 1.807) is 23.3 Å². The minimum Gasteiger partial charge on any atom is -0.356 e. The minimum atomic E-state index is -0.431. The highest BCUT2D eigenvalue weighted by Crippen LogP contribution is 2.44. The van der Waals surface area contributed by atoms with Gasteiger partial charge in [0.25, 0.3) is 0 Å². The summed E-state index contributed by atoms with van der Waals surface area (Å²) >= 11 is 1.65. The van der Waals surface area contributed by atoms with Crippen LogP contribution in [-0.2, 0) is 16.0 Å². The van der Waals surface area contributed by atoms with E-state index in [9.17, 15) is 9.59 Å². The molecule has 2 atom stereocenters. The molecular weight excluding hydrogens is 346 g/mol. The molecule has 0 saturated carbocycles. The fourth-order valence-corrected chi connectivity index (χ4v) is 5.38. The van der Waals surface area contributed by atoms with E-state index in [4.69, 9.17) is 0 Å². The van der Waals surface area contributed by atoms with Gasteiger partial charge >= 0.3 is 0 Å². The van der Waals surface area contributed by atoms with Crippen molar-refractivity contribution >= 4 is 34.1 Å². The Morgan fingerprint density at radius 1 is 1.19 bits per heavy atom. The van der Waals surface area contributed by atoms with Gasteiger partial charge in [0.2, 0.25) is 11.8 Å². The molecule has 5 rings (SSSR count). The van der Waals surface area contributed by atoms with Crippen LogP contribution in [0.3, 0.4) is 0 Å². The van der Waals surface area contributed by atoms with Crippen LogP contribution in [-0.4, -0.2) is 46.2 Å². The van der Waals surface area contributed by atoms with Crippen LogP contribution in [0.4, 0.5) is 0 Å². The zero-order chi connectivity index (χ0) is 18.0. The van der Waals surface area contributed by atoms with Crippen molar-refractivity contribution in [3.63, 3.8) is 0 Å². The topological polar surface area (TPSA) is 56.4 Å². The number of hydrogen-bond acceptors (Lipinski definition) is 3. The summed E-state index contributed by atoms with van der Waals surface area (Å²) in [6.45, 7) is 2.21. The Labute approximate surface area is 155 Å². The van der Waals surface area contributed by atoms with Crippen molar-refractivity contribution in [3.8, 4) is 0 Å². The molecule has 0 aliphatic carbocycles. The summed E-state index contributed by atoms with van der Waals surface area (Å²) in [7, 11) is 1.72. The molecule has 132 valence electrons. The second-order valence-electron chi connectivity index (χ2n) is 7.15. The van der Waals surface area contributed by atoms with Gasteiger partial charge in [-0.1, -0.05) is 18.2 Å². The molecule has 26 heavy (non-hydrogen) atoms. The third kappa shape index (κ3) is 2.02. The van der Waals surface area contributed by atoms with Crippen LogP contribution in [0.1, 0.15) is 27.7 Å². The normalized spacial score (nSPS) is 22.7. The number of likely N-dealkylation sites (N-methyl/N-ethyl adjacent to an activating group) is 1. The van der Waals surface area contributed by atoms with Gasteiger partial charge < -0.3 is 14.8 Å². The van der Waals surface area contributed by atoms with Crippen LogP contribution in [0.5, 0.6) is 0 Å². The molecule has 3 aromatic rings. The van der Waals surface area contributed by atoms with Crippen LogP contribution < -0.4 is 0 Å². The first-order valence-corrected chi connectivity index (χ1v) is 9.64. The van der Waals surface area contributed by atoms with Crippen molar-refractivity contribution in [2.75, 3.05) is 13.6 Å². The number of carbonyl (C=O) groups excluding carboxylic acids is 2. The monoisotopic (exact) mass is 365 g/mol. The van der Waals surface area contributed by atoms with Crippen LogP contribution in [0.25, 0.3) is 10.9 Å². The molecule has 0 spiro atoms. The number of nitrogens with one attached hydrogen (secondary N) is 1. The van der Waals surface area contributed by atoms with E-state index in [2.05, 4.69) is 35.5 Å². The zero-order valence-corrected chi connectivity index (χ0v) is 15.5. The SMILES string of the molecule is Cc1ccsc1[C@H]1c2[nH]c3ccccc3c2C[C@@H]2C(=O)N(C)CC(=O)N12. The fraction of sp³-hybridized carbons (Fsp3) is 0.300. The van der Waals surface area contributed by atoms with Crippen molar-refractivity contribution in [3.05, 3.63) is 57.4 Å². The molecule has 1 saturated heterocycles. The largest absolute Gasteiger partial charge is 0.356 e. The van der Waals surface area contributed by atoms with E-state index in [-0.39, 0.29) is 24.4 Å². The Hall–Kier alpha value is -2.60. The van der Waals surface area contributed by atoms with Crippen molar-refractivity contribution in [2.24, 2.45) is 0 Å². The molecule has 1 aromatic carbocycles. The maximum Gasteiger partial charge on any atom is 0.245 e. The molecule has 2 amide bonds. The fourth-order valence-electron chi connectivity index (χ4n) is 4.35. The number of piperazine rings is 1. The van der Waals surface area contributed by atoms with Gasteiger partial charge in [-0.05, 0) is 35.6 Å². The number of aromatic nitrogens is 1. The van der Waals surface area contributed by atoms with Crippen LogP contribution in [0.2, 0.25) is 0 Å². The number of para-hydroxylation sites is 1. The van der Waals surface area contributed by atoms with E-state index in [1.807, 2.05) is 17.0 Å². The molecule has 5 nitrogen and oxygen atoms in total. The minimum absolute atomic E-state index is 0.0132. The van der Waals surface area contributed by atoms with Crippen molar-refractivity contribution in [1.29, 1.82) is 0 Å². The summed E-state index contributed by atoms with van der Waals surface area (Å²) in [6, 6.07) is 9.61. The average molecular weight is 365 g/mol. The summed E-state index contributed by atoms with van der Waals surface area (Å²) in [5.74, 6) is 0.0407. The number of rotatable bonds is 1. The summed E-state index contributed by atoms with van der Waals surface area (Å²) in [5.41, 5.74) is 4.43. The standard InChI is InChI=1S/C20H19N3O2S/c1-11-7-8-26-19(11)18-17-13(12-5-3-4-6-14(12)21-17)9-15-20(25)22(2)10-16(24)23(15)18/h3-8,15,18,21H,9-10H2,1-2H3/t15-,18-/m1/s1. The maximum atomic E-state index is 12.9. The molecule has 4 heterocycles. The van der Waals surface area contributed by atoms with Crippen LogP contribution in [0.15, 0.2) is 35.7 Å². The van der Waals surface area contributed by atoms with Crippen molar-refractivity contribution in [1.82, 2.24) is 14.8 Å². The van der Waals surface area contributed by atoms with Crippen molar-refractivity contribution in [2.45, 2.75) is 25.4 Å². The van der Waals surface area contributed by atoms with Gasteiger partial charge in [-0.25, -0.2) is 0 Å². The first-order chi connectivity index (χ1) is 12.6. The number of thiophene rings is 1. The molecule has 2 aliphatic rings. The number of amides is 2. The number of fused-ring (bicyclic) bond motifs is 4. The zero-order valence-electron chi connectivity index (χ0n) is 14.7. The molecule has 2 aromatic heterocycles. The third-order valence-electron chi connectivity index (χ3n) is 5.60. The highest BCUT2D eigenvalue weighted by Gasteiger charge is 2.47. The number of aromatic amines is 1. The van der Waals surface area contributed by atoms with Gasteiger partial charge in [0.05, 0.1) is 6.54 Å². The number of hydrogen-bond donors (Lipinski definition) is 1. The predicted octanol–water partition coefficient (Wildman–Crippen LogP) is 2.85. The van der Waals surface area contributed by atoms with Gasteiger partial charge in [-0.15, -0.1) is 11.3 Å². The van der Waals surface area contributed by atoms with E-state index >= 15 is 0 Å². The van der Waals surface area contributed by atoms with Gasteiger partial charge in [0.1, 0.15) is 12.1 Å². The number of carbonyl (C=O) groups is 2. The summed E-state index contributed by atoms with van der Waals surface area (Å²) in [4.78, 5) is 33.9. The Morgan fingerprint density at radius 2 is 2.00 bits per heavy atom. The lowest BCUT2D eigenvalue weighted by Gasteiger charge is -2.46. The molecular formula is C20H19N3O2S. The van der Waals surface area contributed by atoms with Gasteiger partial charge in [0, 0.05) is 34.9 Å². The second kappa shape index (κ2) is 5.45. The Bertz CT molecular complexity index is 1050. The lowest BCUT2D eigenvalue weighted by Crippen LogP contribution is -2.62. The average Bonchev–Trinajstić information content (AvgIpc) is 3.21. The summed E-state index contributed by atoms with van der Waals surface area (Å²) < 4.78 is 0. The summed E-state index contributed by atoms with van der Waals surface area (Å²) in [6.07, 6.45) is 0.565. The van der Waals surface area contributed by atoms with Gasteiger partial charge in [0.15, 0.2) is 0 Å². The van der Waals surface area contributed by atoms with E-state index < -0.39 is 6.04 Å². The van der Waals surface area contributed by atoms with Crippen molar-refractivity contribution < 1.29 is 9.59 Å². The van der Waals surface area contributed by atoms with E-state index in [1.165, 1.54) is 0 Å². The first kappa shape index (κ1) is 15.6. The first-order valence-electron chi connectivity index (χ1n) is 8.76. The molecule has 1 N–H and O–H groups in total. The molecule has 1 fully saturated rings. The Balaban J connectivity index is 1.79. The van der Waals surface area contributed by atoms with Gasteiger partial charge in [-0.2, -0.15) is 0 Å². The quantitative estimate of drug-likeness (QED) is 0.721. The number of nitrogens with zero attached hydrogens (tertiary/aromatic N) is 2. The lowest BCUT2D eigenvalue weighted by atomic mass is 9.88. The molecule has 2 aliphatic heterocycles. The van der Waals surface area contributed by atoms with Crippen LogP contribution >= 0.6 is 11.3 Å². The van der Waals surface area contributed by atoms with E-state index in [0.717, 1.165) is 32.6 Å².